The fraction of sp³-hybridized carbons (Fsp3) is 0. The van der Waals surface area contributed by atoms with Gasteiger partial charge in [0.15, 0.2) is 0 Å². The number of rotatable bonds is 2. The lowest BCUT2D eigenvalue weighted by molar-refractivity contribution is 0.102. The summed E-state index contributed by atoms with van der Waals surface area (Å²) in [6.45, 7) is 0. The molecule has 3 nitrogen and oxygen atoms in total. The van der Waals surface area contributed by atoms with Gasteiger partial charge in [-0.2, -0.15) is 0 Å². The summed E-state index contributed by atoms with van der Waals surface area (Å²) in [5, 5.41) is 2.65. The third-order valence-electron chi connectivity index (χ3n) is 2.42. The molecule has 0 aliphatic rings. The molecule has 6 heteroatoms. The van der Waals surface area contributed by atoms with Crippen LogP contribution < -0.4 is 11.1 Å². The van der Waals surface area contributed by atoms with E-state index in [0.717, 1.165) is 0 Å². The zero-order chi connectivity index (χ0) is 14.0. The van der Waals surface area contributed by atoms with E-state index in [0.29, 0.717) is 5.69 Å². The van der Waals surface area contributed by atoms with Gasteiger partial charge in [0.25, 0.3) is 5.91 Å². The predicted molar refractivity (Wildman–Crippen MR) is 75.2 cm³/mol. The zero-order valence-corrected chi connectivity index (χ0v) is 11.1. The summed E-state index contributed by atoms with van der Waals surface area (Å²) >= 11 is 11.8. The summed E-state index contributed by atoms with van der Waals surface area (Å²) in [5.41, 5.74) is 6.04. The van der Waals surface area contributed by atoms with Crippen LogP contribution >= 0.6 is 23.2 Å². The molecule has 2 aromatic rings. The summed E-state index contributed by atoms with van der Waals surface area (Å²) in [5.74, 6) is -1.12. The number of nitrogen functional groups attached to an aromatic ring is 1. The van der Waals surface area contributed by atoms with E-state index in [4.69, 9.17) is 28.9 Å². The molecular formula is C13H9Cl2FN2O. The smallest absolute Gasteiger partial charge is 0.257 e. The van der Waals surface area contributed by atoms with Crippen LogP contribution in [0.2, 0.25) is 10.0 Å². The van der Waals surface area contributed by atoms with Crippen molar-refractivity contribution in [3.05, 3.63) is 57.8 Å². The summed E-state index contributed by atoms with van der Waals surface area (Å²) in [7, 11) is 0. The molecule has 0 atom stereocenters. The molecule has 98 valence electrons. The molecule has 0 aromatic heterocycles. The Hall–Kier alpha value is -1.78. The molecule has 0 heterocycles. The number of hydrogen-bond acceptors (Lipinski definition) is 2. The van der Waals surface area contributed by atoms with Gasteiger partial charge in [-0.3, -0.25) is 4.79 Å². The number of para-hydroxylation sites is 1. The maximum absolute atomic E-state index is 13.4. The highest BCUT2D eigenvalue weighted by Gasteiger charge is 2.15. The van der Waals surface area contributed by atoms with Gasteiger partial charge >= 0.3 is 0 Å². The minimum Gasteiger partial charge on any atom is -0.399 e. The van der Waals surface area contributed by atoms with Gasteiger partial charge in [-0.1, -0.05) is 35.3 Å². The Morgan fingerprint density at radius 2 is 1.89 bits per heavy atom. The molecule has 1 amide bonds. The first-order chi connectivity index (χ1) is 8.99. The lowest BCUT2D eigenvalue weighted by Gasteiger charge is -2.09. The Labute approximate surface area is 119 Å². The van der Waals surface area contributed by atoms with Crippen LogP contribution in [0.5, 0.6) is 0 Å². The zero-order valence-electron chi connectivity index (χ0n) is 9.58. The molecule has 0 fully saturated rings. The highest BCUT2D eigenvalue weighted by molar-refractivity contribution is 6.44. The van der Waals surface area contributed by atoms with Gasteiger partial charge in [-0.25, -0.2) is 4.39 Å². The second-order valence-corrected chi connectivity index (χ2v) is 4.58. The minimum absolute atomic E-state index is 0.0575. The number of nitrogens with one attached hydrogen (secondary N) is 1. The van der Waals surface area contributed by atoms with Gasteiger partial charge in [0.05, 0.1) is 21.3 Å². The molecule has 0 saturated heterocycles. The van der Waals surface area contributed by atoms with Crippen molar-refractivity contribution in [2.75, 3.05) is 11.1 Å². The predicted octanol–water partition coefficient (Wildman–Crippen LogP) is 3.97. The Bertz CT molecular complexity index is 647. The fourth-order valence-electron chi connectivity index (χ4n) is 1.53. The van der Waals surface area contributed by atoms with E-state index < -0.39 is 11.7 Å². The van der Waals surface area contributed by atoms with E-state index in [-0.39, 0.29) is 21.3 Å². The molecule has 0 aliphatic heterocycles. The number of amides is 1. The van der Waals surface area contributed by atoms with Crippen LogP contribution in [-0.4, -0.2) is 5.91 Å². The third-order valence-corrected chi connectivity index (χ3v) is 3.22. The Morgan fingerprint density at radius 3 is 2.58 bits per heavy atom. The maximum Gasteiger partial charge on any atom is 0.257 e. The first-order valence-electron chi connectivity index (χ1n) is 5.29. The van der Waals surface area contributed by atoms with Crippen molar-refractivity contribution in [3.8, 4) is 0 Å². The van der Waals surface area contributed by atoms with Crippen molar-refractivity contribution in [1.82, 2.24) is 0 Å². The highest BCUT2D eigenvalue weighted by Crippen LogP contribution is 2.29. The average molecular weight is 299 g/mol. The van der Waals surface area contributed by atoms with E-state index in [2.05, 4.69) is 5.32 Å². The number of nitrogens with two attached hydrogens (primary N) is 1. The van der Waals surface area contributed by atoms with Crippen LogP contribution in [0.3, 0.4) is 0 Å². The number of anilines is 2. The van der Waals surface area contributed by atoms with Gasteiger partial charge < -0.3 is 11.1 Å². The van der Waals surface area contributed by atoms with Crippen molar-refractivity contribution < 1.29 is 9.18 Å². The van der Waals surface area contributed by atoms with Gasteiger partial charge in [0.2, 0.25) is 0 Å². The number of carbonyl (C=O) groups is 1. The van der Waals surface area contributed by atoms with Crippen molar-refractivity contribution in [3.63, 3.8) is 0 Å². The molecule has 19 heavy (non-hydrogen) atoms. The highest BCUT2D eigenvalue weighted by atomic mass is 35.5. The molecule has 0 aliphatic carbocycles. The van der Waals surface area contributed by atoms with Crippen molar-refractivity contribution in [2.24, 2.45) is 0 Å². The van der Waals surface area contributed by atoms with Crippen LogP contribution in [0.4, 0.5) is 15.8 Å². The standard InChI is InChI=1S/C13H9Cl2FN2O/c14-9-6-7(17)5-8(12(9)15)13(19)18-11-4-2-1-3-10(11)16/h1-6H,17H2,(H,18,19). The quantitative estimate of drug-likeness (QED) is 0.824. The first kappa shape index (κ1) is 13.6. The van der Waals surface area contributed by atoms with Crippen molar-refractivity contribution in [2.45, 2.75) is 0 Å². The van der Waals surface area contributed by atoms with Gasteiger partial charge in [-0.05, 0) is 24.3 Å². The minimum atomic E-state index is -0.579. The van der Waals surface area contributed by atoms with Crippen LogP contribution in [0, 0.1) is 5.82 Å². The number of hydrogen-bond donors (Lipinski definition) is 2. The second-order valence-electron chi connectivity index (χ2n) is 3.80. The number of benzene rings is 2. The Balaban J connectivity index is 2.33. The van der Waals surface area contributed by atoms with Gasteiger partial charge in [0, 0.05) is 5.69 Å². The van der Waals surface area contributed by atoms with Crippen LogP contribution in [0.25, 0.3) is 0 Å². The van der Waals surface area contributed by atoms with Crippen LogP contribution in [0.15, 0.2) is 36.4 Å². The van der Waals surface area contributed by atoms with E-state index in [1.165, 1.54) is 30.3 Å². The molecule has 3 N–H and O–H groups in total. The summed E-state index contributed by atoms with van der Waals surface area (Å²) < 4.78 is 13.4. The first-order valence-corrected chi connectivity index (χ1v) is 6.05. The second kappa shape index (κ2) is 5.47. The molecule has 2 aromatic carbocycles. The average Bonchev–Trinajstić information content (AvgIpc) is 2.36. The summed E-state index contributed by atoms with van der Waals surface area (Å²) in [6.07, 6.45) is 0. The van der Waals surface area contributed by atoms with Crippen LogP contribution in [0.1, 0.15) is 10.4 Å². The molecule has 0 unspecified atom stereocenters. The molecule has 0 spiro atoms. The van der Waals surface area contributed by atoms with Gasteiger partial charge in [0.1, 0.15) is 5.82 Å². The molecule has 0 saturated carbocycles. The lowest BCUT2D eigenvalue weighted by Crippen LogP contribution is -2.14. The maximum atomic E-state index is 13.4. The van der Waals surface area contributed by atoms with Crippen molar-refractivity contribution in [1.29, 1.82) is 0 Å². The van der Waals surface area contributed by atoms with Crippen molar-refractivity contribution >= 4 is 40.5 Å². The third kappa shape index (κ3) is 2.97. The summed E-state index contributed by atoms with van der Waals surface area (Å²) in [4.78, 5) is 12.0. The fourth-order valence-corrected chi connectivity index (χ4v) is 1.95. The van der Waals surface area contributed by atoms with E-state index in [1.54, 1.807) is 6.07 Å². The Kier molecular flexibility index (Phi) is 3.93. The van der Waals surface area contributed by atoms with E-state index >= 15 is 0 Å². The molecule has 2 rings (SSSR count). The lowest BCUT2D eigenvalue weighted by atomic mass is 10.2. The molecule has 0 bridgehead atoms. The number of halogens is 3. The van der Waals surface area contributed by atoms with Gasteiger partial charge in [-0.15, -0.1) is 0 Å². The Morgan fingerprint density at radius 1 is 1.21 bits per heavy atom. The topological polar surface area (TPSA) is 55.1 Å². The molecule has 0 radical (unpaired) electrons. The van der Waals surface area contributed by atoms with Crippen LogP contribution in [-0.2, 0) is 0 Å². The molecular weight excluding hydrogens is 290 g/mol. The number of carbonyl (C=O) groups excluding carboxylic acids is 1. The SMILES string of the molecule is Nc1cc(Cl)c(Cl)c(C(=O)Nc2ccccc2F)c1. The van der Waals surface area contributed by atoms with E-state index in [9.17, 15) is 9.18 Å². The largest absolute Gasteiger partial charge is 0.399 e. The van der Waals surface area contributed by atoms with E-state index in [1.807, 2.05) is 0 Å². The summed E-state index contributed by atoms with van der Waals surface area (Å²) in [6, 6.07) is 8.62. The normalized spacial score (nSPS) is 10.3. The monoisotopic (exact) mass is 298 g/mol.